The van der Waals surface area contributed by atoms with Crippen LogP contribution in [-0.4, -0.2) is 37.1 Å². The molecule has 0 rings (SSSR count). The van der Waals surface area contributed by atoms with Crippen molar-refractivity contribution in [3.05, 3.63) is 24.3 Å². The van der Waals surface area contributed by atoms with Crippen molar-refractivity contribution in [3.63, 3.8) is 0 Å². The molecule has 0 fully saturated rings. The van der Waals surface area contributed by atoms with Crippen LogP contribution in [0.5, 0.6) is 0 Å². The summed E-state index contributed by atoms with van der Waals surface area (Å²) in [5.74, 6) is -4.99. The van der Waals surface area contributed by atoms with Crippen LogP contribution in [0.15, 0.2) is 24.3 Å². The topological polar surface area (TPSA) is 133 Å². The number of ether oxygens (including phenoxy) is 2. The van der Waals surface area contributed by atoms with E-state index in [4.69, 9.17) is 0 Å². The number of carboxylic acid groups (broad SMARTS) is 2. The number of carbonyl (C=O) groups is 4. The minimum absolute atomic E-state index is 0.304. The molecule has 0 aromatic carbocycles. The Labute approximate surface area is 101 Å². The number of carbonyl (C=O) groups excluding carboxylic acids is 4. The number of rotatable bonds is 7. The zero-order chi connectivity index (χ0) is 14.0. The molecule has 0 spiro atoms. The molecular weight excluding hydrogens is 248 g/mol. The highest BCUT2D eigenvalue weighted by atomic mass is 16.6. The highest BCUT2D eigenvalue weighted by Crippen LogP contribution is 1.85. The maximum atomic E-state index is 10.8. The zero-order valence-corrected chi connectivity index (χ0v) is 8.99. The minimum atomic E-state index is -1.55. The first kappa shape index (κ1) is 15.4. The molecule has 0 saturated heterocycles. The van der Waals surface area contributed by atoms with Gasteiger partial charge in [-0.25, -0.2) is 9.59 Å². The van der Waals surface area contributed by atoms with Crippen LogP contribution in [0.2, 0.25) is 0 Å². The van der Waals surface area contributed by atoms with Crippen LogP contribution in [0.4, 0.5) is 0 Å². The van der Waals surface area contributed by atoms with Gasteiger partial charge in [-0.15, -0.1) is 0 Å². The van der Waals surface area contributed by atoms with Crippen molar-refractivity contribution < 1.29 is 38.9 Å². The Morgan fingerprint density at radius 3 is 1.33 bits per heavy atom. The van der Waals surface area contributed by atoms with E-state index in [2.05, 4.69) is 9.47 Å². The normalized spacial score (nSPS) is 10.4. The summed E-state index contributed by atoms with van der Waals surface area (Å²) in [6, 6.07) is 0. The second-order valence-electron chi connectivity index (χ2n) is 2.64. The van der Waals surface area contributed by atoms with Crippen molar-refractivity contribution in [3.8, 4) is 0 Å². The van der Waals surface area contributed by atoms with Gasteiger partial charge in [0.15, 0.2) is 0 Å². The third kappa shape index (κ3) is 9.90. The first-order chi connectivity index (χ1) is 8.41. The van der Waals surface area contributed by atoms with E-state index in [0.717, 1.165) is 0 Å². The van der Waals surface area contributed by atoms with E-state index >= 15 is 0 Å². The molecular formula is C10H8O8-2. The molecule has 0 unspecified atom stereocenters. The van der Waals surface area contributed by atoms with Gasteiger partial charge >= 0.3 is 11.9 Å². The molecule has 0 bridgehead atoms. The summed E-state index contributed by atoms with van der Waals surface area (Å²) >= 11 is 0. The Morgan fingerprint density at radius 2 is 1.06 bits per heavy atom. The average molecular weight is 256 g/mol. The van der Waals surface area contributed by atoms with Crippen molar-refractivity contribution in [1.29, 1.82) is 0 Å². The number of aliphatic carboxylic acids is 2. The van der Waals surface area contributed by atoms with Gasteiger partial charge in [-0.05, 0) is 12.2 Å². The molecule has 0 aliphatic rings. The van der Waals surface area contributed by atoms with Crippen molar-refractivity contribution in [2.24, 2.45) is 0 Å². The Balaban J connectivity index is 3.74. The maximum Gasteiger partial charge on any atom is 0.330 e. The molecule has 0 aliphatic carbocycles. The van der Waals surface area contributed by atoms with Crippen LogP contribution in [0.25, 0.3) is 0 Å². The lowest BCUT2D eigenvalue weighted by molar-refractivity contribution is -0.298. The third-order valence-electron chi connectivity index (χ3n) is 1.28. The molecule has 0 aromatic rings. The van der Waals surface area contributed by atoms with Crippen molar-refractivity contribution >= 4 is 23.9 Å². The summed E-state index contributed by atoms with van der Waals surface area (Å²) in [6.07, 6.45) is 2.23. The van der Waals surface area contributed by atoms with E-state index in [-0.39, 0.29) is 13.2 Å². The Morgan fingerprint density at radius 1 is 0.722 bits per heavy atom. The van der Waals surface area contributed by atoms with Gasteiger partial charge in [-0.1, -0.05) is 0 Å². The SMILES string of the molecule is O=C([O-])/C=C\C(=O)OCCOC(=O)/C=C\C(=O)[O-]. The summed E-state index contributed by atoms with van der Waals surface area (Å²) in [4.78, 5) is 41.4. The Kier molecular flexibility index (Phi) is 7.26. The van der Waals surface area contributed by atoms with Crippen LogP contribution in [0.1, 0.15) is 0 Å². The van der Waals surface area contributed by atoms with Gasteiger partial charge in [-0.2, -0.15) is 0 Å². The Bertz CT molecular complexity index is 355. The average Bonchev–Trinajstić information content (AvgIpc) is 2.29. The van der Waals surface area contributed by atoms with Crippen molar-refractivity contribution in [2.75, 3.05) is 13.2 Å². The summed E-state index contributed by atoms with van der Waals surface area (Å²) in [7, 11) is 0. The van der Waals surface area contributed by atoms with Gasteiger partial charge in [0.1, 0.15) is 13.2 Å². The fourth-order valence-electron chi connectivity index (χ4n) is 0.653. The van der Waals surface area contributed by atoms with Gasteiger partial charge in [0, 0.05) is 12.2 Å². The molecule has 0 aliphatic heterocycles. The van der Waals surface area contributed by atoms with Gasteiger partial charge < -0.3 is 29.3 Å². The van der Waals surface area contributed by atoms with Crippen LogP contribution in [-0.2, 0) is 28.7 Å². The predicted octanol–water partition coefficient (Wildman–Crippen LogP) is -3.31. The van der Waals surface area contributed by atoms with Gasteiger partial charge in [0.05, 0.1) is 11.9 Å². The first-order valence-corrected chi connectivity index (χ1v) is 4.53. The molecule has 8 nitrogen and oxygen atoms in total. The monoisotopic (exact) mass is 256 g/mol. The summed E-state index contributed by atoms with van der Waals surface area (Å²) < 4.78 is 8.84. The lowest BCUT2D eigenvalue weighted by atomic mass is 10.5. The molecule has 0 radical (unpaired) electrons. The fourth-order valence-corrected chi connectivity index (χ4v) is 0.653. The van der Waals surface area contributed by atoms with Crippen LogP contribution >= 0.6 is 0 Å². The fraction of sp³-hybridized carbons (Fsp3) is 0.200. The third-order valence-corrected chi connectivity index (χ3v) is 1.28. The van der Waals surface area contributed by atoms with Gasteiger partial charge in [0.2, 0.25) is 0 Å². The molecule has 0 aromatic heterocycles. The van der Waals surface area contributed by atoms with Crippen LogP contribution in [0, 0.1) is 0 Å². The number of hydrogen-bond acceptors (Lipinski definition) is 8. The van der Waals surface area contributed by atoms with Gasteiger partial charge in [0.25, 0.3) is 0 Å². The van der Waals surface area contributed by atoms with E-state index < -0.39 is 23.9 Å². The first-order valence-electron chi connectivity index (χ1n) is 4.53. The molecule has 18 heavy (non-hydrogen) atoms. The molecule has 8 heteroatoms. The zero-order valence-electron chi connectivity index (χ0n) is 8.99. The lowest BCUT2D eigenvalue weighted by Gasteiger charge is -2.02. The highest BCUT2D eigenvalue weighted by molar-refractivity contribution is 5.90. The molecule has 0 amide bonds. The van der Waals surface area contributed by atoms with E-state index in [1.807, 2.05) is 0 Å². The van der Waals surface area contributed by atoms with Crippen LogP contribution < -0.4 is 10.2 Å². The lowest BCUT2D eigenvalue weighted by Crippen LogP contribution is -2.20. The summed E-state index contributed by atoms with van der Waals surface area (Å²) in [6.45, 7) is -0.609. The predicted molar refractivity (Wildman–Crippen MR) is 50.2 cm³/mol. The molecule has 0 saturated carbocycles. The minimum Gasteiger partial charge on any atom is -0.545 e. The highest BCUT2D eigenvalue weighted by Gasteiger charge is 1.99. The number of carboxylic acids is 2. The second kappa shape index (κ2) is 8.50. The number of hydrogen-bond donors (Lipinski definition) is 0. The summed E-state index contributed by atoms with van der Waals surface area (Å²) in [5.41, 5.74) is 0. The van der Waals surface area contributed by atoms with Crippen LogP contribution in [0.3, 0.4) is 0 Å². The smallest absolute Gasteiger partial charge is 0.330 e. The molecule has 0 heterocycles. The summed E-state index contributed by atoms with van der Waals surface area (Å²) in [5, 5.41) is 19.8. The quantitative estimate of drug-likeness (QED) is 0.262. The number of esters is 2. The van der Waals surface area contributed by atoms with E-state index in [0.29, 0.717) is 24.3 Å². The standard InChI is InChI=1S/C10H10O8/c11-7(12)1-3-9(15)17-5-6-18-10(16)4-2-8(13)14/h1-4H,5-6H2,(H,11,12)(H,13,14)/p-2/b3-1-,4-2-. The van der Waals surface area contributed by atoms with E-state index in [1.165, 1.54) is 0 Å². The van der Waals surface area contributed by atoms with E-state index in [1.54, 1.807) is 0 Å². The second-order valence-corrected chi connectivity index (χ2v) is 2.64. The Hall–Kier alpha value is -2.64. The molecule has 0 N–H and O–H groups in total. The van der Waals surface area contributed by atoms with Crippen molar-refractivity contribution in [1.82, 2.24) is 0 Å². The van der Waals surface area contributed by atoms with E-state index in [9.17, 15) is 29.4 Å². The largest absolute Gasteiger partial charge is 0.545 e. The molecule has 98 valence electrons. The molecule has 0 atom stereocenters. The maximum absolute atomic E-state index is 10.8. The van der Waals surface area contributed by atoms with Crippen molar-refractivity contribution in [2.45, 2.75) is 0 Å². The van der Waals surface area contributed by atoms with Gasteiger partial charge in [-0.3, -0.25) is 0 Å².